The van der Waals surface area contributed by atoms with E-state index in [1.807, 2.05) is 13.8 Å². The van der Waals surface area contributed by atoms with E-state index in [1.165, 1.54) is 6.33 Å². The van der Waals surface area contributed by atoms with Crippen molar-refractivity contribution in [3.63, 3.8) is 0 Å². The van der Waals surface area contributed by atoms with Crippen molar-refractivity contribution in [1.82, 2.24) is 9.97 Å². The number of aromatic nitrogens is 2. The minimum atomic E-state index is -0.893. The Bertz CT molecular complexity index is 455. The molecule has 94 valence electrons. The number of nitrogens with zero attached hydrogens (tertiary/aromatic N) is 1. The lowest BCUT2D eigenvalue weighted by Crippen LogP contribution is -2.28. The van der Waals surface area contributed by atoms with E-state index in [9.17, 15) is 9.59 Å². The molecule has 5 N–H and O–H groups in total. The molecule has 0 aliphatic rings. The Balaban J connectivity index is 2.76. The van der Waals surface area contributed by atoms with Crippen molar-refractivity contribution in [1.29, 1.82) is 0 Å². The number of anilines is 2. The summed E-state index contributed by atoms with van der Waals surface area (Å²) in [7, 11) is 0. The second-order valence-electron chi connectivity index (χ2n) is 4.06. The maximum absolute atomic E-state index is 11.2. The summed E-state index contributed by atoms with van der Waals surface area (Å²) >= 11 is 0. The molecule has 0 amide bonds. The molecule has 0 aliphatic carbocycles. The highest BCUT2D eigenvalue weighted by Crippen LogP contribution is 2.14. The van der Waals surface area contributed by atoms with E-state index >= 15 is 0 Å². The Morgan fingerprint density at radius 1 is 1.65 bits per heavy atom. The third-order valence-electron chi connectivity index (χ3n) is 2.50. The molecule has 7 heteroatoms. The van der Waals surface area contributed by atoms with Gasteiger partial charge >= 0.3 is 5.97 Å². The third-order valence-corrected chi connectivity index (χ3v) is 2.50. The zero-order chi connectivity index (χ0) is 13.0. The lowest BCUT2D eigenvalue weighted by Gasteiger charge is -2.17. The number of nitrogens with two attached hydrogens (primary N) is 1. The van der Waals surface area contributed by atoms with Crippen LogP contribution in [0.15, 0.2) is 11.1 Å². The normalized spacial score (nSPS) is 12.4. The highest BCUT2D eigenvalue weighted by atomic mass is 16.4. The number of H-pyrrole nitrogens is 1. The molecular weight excluding hydrogens is 224 g/mol. The average molecular weight is 240 g/mol. The van der Waals surface area contributed by atoms with Crippen molar-refractivity contribution >= 4 is 17.5 Å². The Morgan fingerprint density at radius 2 is 2.29 bits per heavy atom. The summed E-state index contributed by atoms with van der Waals surface area (Å²) in [6, 6.07) is 0. The maximum atomic E-state index is 11.2. The molecule has 1 heterocycles. The maximum Gasteiger partial charge on any atom is 0.308 e. The number of aliphatic carboxylic acids is 1. The van der Waals surface area contributed by atoms with Crippen LogP contribution in [-0.4, -0.2) is 27.6 Å². The van der Waals surface area contributed by atoms with E-state index < -0.39 is 17.4 Å². The van der Waals surface area contributed by atoms with Gasteiger partial charge in [-0.15, -0.1) is 0 Å². The molecule has 1 unspecified atom stereocenters. The minimum Gasteiger partial charge on any atom is -0.481 e. The predicted octanol–water partition coefficient (Wildman–Crippen LogP) is 0.121. The van der Waals surface area contributed by atoms with E-state index in [0.29, 0.717) is 0 Å². The molecule has 0 fully saturated rings. The third kappa shape index (κ3) is 3.20. The van der Waals surface area contributed by atoms with E-state index in [1.54, 1.807) is 0 Å². The van der Waals surface area contributed by atoms with Gasteiger partial charge in [-0.3, -0.25) is 9.59 Å². The molecule has 7 nitrogen and oxygen atoms in total. The average Bonchev–Trinajstić information content (AvgIpc) is 2.23. The summed E-state index contributed by atoms with van der Waals surface area (Å²) in [5.74, 6) is -1.27. The summed E-state index contributed by atoms with van der Waals surface area (Å²) in [6.07, 6.45) is 1.21. The lowest BCUT2D eigenvalue weighted by atomic mass is 9.96. The number of nitrogens with one attached hydrogen (secondary N) is 2. The Kier molecular flexibility index (Phi) is 4.08. The molecule has 17 heavy (non-hydrogen) atoms. The van der Waals surface area contributed by atoms with Crippen LogP contribution in [-0.2, 0) is 4.79 Å². The molecule has 1 atom stereocenters. The summed E-state index contributed by atoms with van der Waals surface area (Å²) in [4.78, 5) is 28.3. The van der Waals surface area contributed by atoms with E-state index in [2.05, 4.69) is 15.3 Å². The Labute approximate surface area is 98.1 Å². The standard InChI is InChI=1S/C10H16N4O3/c1-5(2)6(10(16)17)3-12-8-7(11)9(15)14-4-13-8/h4-6H,3,11H2,1-2H3,(H,16,17)(H2,12,13,14,15). The highest BCUT2D eigenvalue weighted by molar-refractivity contribution is 5.71. The molecule has 0 aromatic carbocycles. The Morgan fingerprint density at radius 3 is 2.82 bits per heavy atom. The van der Waals surface area contributed by atoms with Gasteiger partial charge in [-0.1, -0.05) is 13.8 Å². The Hall–Kier alpha value is -2.05. The van der Waals surface area contributed by atoms with Gasteiger partial charge in [0.2, 0.25) is 0 Å². The van der Waals surface area contributed by atoms with Crippen molar-refractivity contribution in [3.8, 4) is 0 Å². The molecule has 0 saturated carbocycles. The largest absolute Gasteiger partial charge is 0.481 e. The van der Waals surface area contributed by atoms with Crippen LogP contribution >= 0.6 is 0 Å². The highest BCUT2D eigenvalue weighted by Gasteiger charge is 2.21. The van der Waals surface area contributed by atoms with Crippen molar-refractivity contribution in [2.45, 2.75) is 13.8 Å². The zero-order valence-corrected chi connectivity index (χ0v) is 9.73. The lowest BCUT2D eigenvalue weighted by molar-refractivity contribution is -0.142. The zero-order valence-electron chi connectivity index (χ0n) is 9.73. The number of carboxylic acids is 1. The molecular formula is C10H16N4O3. The van der Waals surface area contributed by atoms with Crippen LogP contribution in [0.3, 0.4) is 0 Å². The fourth-order valence-electron chi connectivity index (χ4n) is 1.37. The van der Waals surface area contributed by atoms with Gasteiger partial charge in [0.15, 0.2) is 5.82 Å². The van der Waals surface area contributed by atoms with Crippen LogP contribution in [0.2, 0.25) is 0 Å². The van der Waals surface area contributed by atoms with Gasteiger partial charge in [-0.2, -0.15) is 0 Å². The molecule has 0 saturated heterocycles. The fourth-order valence-corrected chi connectivity index (χ4v) is 1.37. The fraction of sp³-hybridized carbons (Fsp3) is 0.500. The van der Waals surface area contributed by atoms with Gasteiger partial charge in [0, 0.05) is 6.54 Å². The summed E-state index contributed by atoms with van der Waals surface area (Å²) in [5, 5.41) is 11.8. The van der Waals surface area contributed by atoms with Gasteiger partial charge in [0.25, 0.3) is 5.56 Å². The van der Waals surface area contributed by atoms with Gasteiger partial charge in [0.05, 0.1) is 12.2 Å². The molecule has 1 aromatic rings. The van der Waals surface area contributed by atoms with Gasteiger partial charge in [0.1, 0.15) is 5.69 Å². The number of aromatic amines is 1. The first kappa shape index (κ1) is 13.0. The number of rotatable bonds is 5. The topological polar surface area (TPSA) is 121 Å². The number of hydrogen-bond donors (Lipinski definition) is 4. The summed E-state index contributed by atoms with van der Waals surface area (Å²) < 4.78 is 0. The number of carbonyl (C=O) groups is 1. The van der Waals surface area contributed by atoms with Crippen LogP contribution < -0.4 is 16.6 Å². The predicted molar refractivity (Wildman–Crippen MR) is 63.7 cm³/mol. The monoisotopic (exact) mass is 240 g/mol. The first-order valence-corrected chi connectivity index (χ1v) is 5.23. The first-order chi connectivity index (χ1) is 7.93. The van der Waals surface area contributed by atoms with Gasteiger partial charge in [-0.25, -0.2) is 4.98 Å². The first-order valence-electron chi connectivity index (χ1n) is 5.23. The van der Waals surface area contributed by atoms with Crippen LogP contribution in [0, 0.1) is 11.8 Å². The van der Waals surface area contributed by atoms with Crippen molar-refractivity contribution < 1.29 is 9.90 Å². The second-order valence-corrected chi connectivity index (χ2v) is 4.06. The van der Waals surface area contributed by atoms with Crippen molar-refractivity contribution in [2.24, 2.45) is 11.8 Å². The van der Waals surface area contributed by atoms with Gasteiger partial charge < -0.3 is 21.1 Å². The van der Waals surface area contributed by atoms with Gasteiger partial charge in [-0.05, 0) is 5.92 Å². The van der Waals surface area contributed by atoms with Crippen LogP contribution in [0.1, 0.15) is 13.8 Å². The smallest absolute Gasteiger partial charge is 0.308 e. The van der Waals surface area contributed by atoms with Crippen LogP contribution in [0.4, 0.5) is 11.5 Å². The molecule has 1 rings (SSSR count). The number of nitrogen functional groups attached to an aromatic ring is 1. The van der Waals surface area contributed by atoms with Crippen LogP contribution in [0.25, 0.3) is 0 Å². The summed E-state index contributed by atoms with van der Waals surface area (Å²) in [6.45, 7) is 3.80. The second kappa shape index (κ2) is 5.33. The molecule has 0 spiro atoms. The SMILES string of the molecule is CC(C)C(CNc1nc[nH]c(=O)c1N)C(=O)O. The molecule has 0 aliphatic heterocycles. The quantitative estimate of drug-likeness (QED) is 0.580. The van der Waals surface area contributed by atoms with Crippen molar-refractivity contribution in [2.75, 3.05) is 17.6 Å². The number of hydrogen-bond acceptors (Lipinski definition) is 5. The molecule has 1 aromatic heterocycles. The molecule has 0 bridgehead atoms. The van der Waals surface area contributed by atoms with Crippen molar-refractivity contribution in [3.05, 3.63) is 16.7 Å². The molecule has 0 radical (unpaired) electrons. The number of carboxylic acid groups (broad SMARTS) is 1. The van der Waals surface area contributed by atoms with E-state index in [0.717, 1.165) is 0 Å². The minimum absolute atomic E-state index is 0.0248. The van der Waals surface area contributed by atoms with E-state index in [-0.39, 0.29) is 24.0 Å². The summed E-state index contributed by atoms with van der Waals surface area (Å²) in [5.41, 5.74) is 5.02. The van der Waals surface area contributed by atoms with E-state index in [4.69, 9.17) is 10.8 Å². The van der Waals surface area contributed by atoms with Crippen LogP contribution in [0.5, 0.6) is 0 Å².